The predicted molar refractivity (Wildman–Crippen MR) is 265 cm³/mol. The minimum atomic E-state index is -1.72. The Morgan fingerprint density at radius 1 is 0.643 bits per heavy atom. The van der Waals surface area contributed by atoms with Gasteiger partial charge in [0.2, 0.25) is 11.8 Å². The van der Waals surface area contributed by atoms with E-state index in [1.165, 1.54) is 0 Å². The van der Waals surface area contributed by atoms with E-state index in [1.54, 1.807) is 25.1 Å². The fourth-order valence-electron chi connectivity index (χ4n) is 10.4. The van der Waals surface area contributed by atoms with E-state index < -0.39 is 47.1 Å². The second-order valence-electron chi connectivity index (χ2n) is 18.2. The number of methoxy groups -OCH3 is 2. The topological polar surface area (TPSA) is 120 Å². The number of imidazole rings is 1. The van der Waals surface area contributed by atoms with Crippen molar-refractivity contribution in [3.05, 3.63) is 210 Å². The molecule has 13 heteroatoms. The summed E-state index contributed by atoms with van der Waals surface area (Å²) in [6, 6.07) is 55.7. The first kappa shape index (κ1) is 46.6. The molecule has 0 radical (unpaired) electrons. The number of benzene rings is 6. The number of fused-ring (bicyclic) bond motifs is 2. The maximum atomic E-state index is 16.7. The maximum absolute atomic E-state index is 16.7. The fraction of sp³-hybridized carbons (Fsp3) is 0.281. The van der Waals surface area contributed by atoms with Crippen LogP contribution in [0.3, 0.4) is 0 Å². The van der Waals surface area contributed by atoms with Crippen LogP contribution in [-0.4, -0.2) is 76.7 Å². The number of hydrogen-bond acceptors (Lipinski definition) is 11. The zero-order chi connectivity index (χ0) is 48.6. The molecule has 8 aromatic rings. The fourth-order valence-corrected chi connectivity index (χ4v) is 10.4. The molecule has 2 aromatic heterocycles. The Bertz CT molecular complexity index is 2960. The van der Waals surface area contributed by atoms with Crippen LogP contribution in [0.25, 0.3) is 11.2 Å². The SMILES string of the molecule is CCOc1nc(NC(c2ccccc2)(c2ccccc2)c2ccc(OC)cc2)nc2c1ncn2[C@@H]1O[C@](CF)(COC(c2ccccc2)(c2ccccc2)c2ccc(OC)cc2)[C@H]2OC(C)(C)O[C@]21C. The Morgan fingerprint density at radius 2 is 1.13 bits per heavy atom. The van der Waals surface area contributed by atoms with Crippen LogP contribution >= 0.6 is 0 Å². The second-order valence-corrected chi connectivity index (χ2v) is 18.2. The third-order valence-corrected chi connectivity index (χ3v) is 13.5. The van der Waals surface area contributed by atoms with Gasteiger partial charge in [0.25, 0.3) is 0 Å². The van der Waals surface area contributed by atoms with E-state index in [0.717, 1.165) is 33.4 Å². The summed E-state index contributed by atoms with van der Waals surface area (Å²) in [5.41, 5.74) is 0.684. The lowest BCUT2D eigenvalue weighted by Crippen LogP contribution is -2.53. The van der Waals surface area contributed by atoms with Gasteiger partial charge in [0.1, 0.15) is 41.0 Å². The minimum absolute atomic E-state index is 0.236. The van der Waals surface area contributed by atoms with Gasteiger partial charge in [-0.05, 0) is 85.3 Å². The molecule has 0 unspecified atom stereocenters. The summed E-state index contributed by atoms with van der Waals surface area (Å²) < 4.78 is 64.0. The van der Waals surface area contributed by atoms with Crippen molar-refractivity contribution in [2.75, 3.05) is 39.4 Å². The molecule has 6 aromatic carbocycles. The minimum Gasteiger partial charge on any atom is -0.497 e. The van der Waals surface area contributed by atoms with E-state index in [1.807, 2.05) is 173 Å². The lowest BCUT2D eigenvalue weighted by Gasteiger charge is -2.40. The number of halogens is 1. The van der Waals surface area contributed by atoms with Gasteiger partial charge in [0.05, 0.1) is 33.8 Å². The molecule has 2 fully saturated rings. The van der Waals surface area contributed by atoms with Crippen LogP contribution in [0.5, 0.6) is 17.4 Å². The van der Waals surface area contributed by atoms with Gasteiger partial charge in [0.15, 0.2) is 28.8 Å². The summed E-state index contributed by atoms with van der Waals surface area (Å²) in [6.45, 7) is 6.47. The van der Waals surface area contributed by atoms with Crippen molar-refractivity contribution in [2.24, 2.45) is 0 Å². The number of anilines is 1. The first-order valence-electron chi connectivity index (χ1n) is 23.4. The maximum Gasteiger partial charge on any atom is 0.247 e. The summed E-state index contributed by atoms with van der Waals surface area (Å²) in [5.74, 6) is 0.734. The van der Waals surface area contributed by atoms with Gasteiger partial charge in [-0.25, -0.2) is 9.37 Å². The molecule has 1 N–H and O–H groups in total. The summed E-state index contributed by atoms with van der Waals surface area (Å²) in [6.07, 6.45) is -0.407. The van der Waals surface area contributed by atoms with Crippen molar-refractivity contribution in [1.82, 2.24) is 19.5 Å². The number of rotatable bonds is 17. The van der Waals surface area contributed by atoms with E-state index in [4.69, 9.17) is 48.1 Å². The predicted octanol–water partition coefficient (Wildman–Crippen LogP) is 10.8. The zero-order valence-corrected chi connectivity index (χ0v) is 40.0. The molecule has 70 heavy (non-hydrogen) atoms. The molecule has 12 nitrogen and oxygen atoms in total. The van der Waals surface area contributed by atoms with Crippen LogP contribution in [-0.2, 0) is 30.1 Å². The number of aromatic nitrogens is 4. The number of alkyl halides is 1. The summed E-state index contributed by atoms with van der Waals surface area (Å²) in [5, 5.41) is 3.80. The van der Waals surface area contributed by atoms with E-state index in [0.29, 0.717) is 29.3 Å². The number of nitrogens with zero attached hydrogens (tertiary/aromatic N) is 4. The lowest BCUT2D eigenvalue weighted by atomic mass is 9.77. The standard InChI is InChI=1S/C57H56FN5O7/c1-7-66-49-47-48(60-52(61-49)62-56(39-20-12-8-13-21-39,40-22-14-9-15-23-40)41-28-32-45(64-5)33-29-41)63(38-59-47)51-54(4)50(68-53(2,3)70-54)55(36-58,69-51)37-67-57(42-24-16-10-17-25-42,43-26-18-11-19-27-43)44-30-34-46(65-6)35-31-44/h8-35,38,50-51H,7,36-37H2,1-6H3,(H,60,61,62)/t50-,51+,54+,55+/m0/s1. The molecule has 0 bridgehead atoms. The van der Waals surface area contributed by atoms with Crippen LogP contribution < -0.4 is 19.5 Å². The third kappa shape index (κ3) is 7.92. The monoisotopic (exact) mass is 941 g/mol. The van der Waals surface area contributed by atoms with E-state index in [-0.39, 0.29) is 18.4 Å². The van der Waals surface area contributed by atoms with Crippen LogP contribution in [0, 0.1) is 0 Å². The molecule has 2 aliphatic heterocycles. The van der Waals surface area contributed by atoms with Gasteiger partial charge >= 0.3 is 0 Å². The molecule has 4 atom stereocenters. The molecule has 0 amide bonds. The van der Waals surface area contributed by atoms with Crippen LogP contribution in [0.2, 0.25) is 0 Å². The lowest BCUT2D eigenvalue weighted by molar-refractivity contribution is -0.247. The highest BCUT2D eigenvalue weighted by Crippen LogP contribution is 2.57. The van der Waals surface area contributed by atoms with Crippen molar-refractivity contribution in [3.63, 3.8) is 0 Å². The molecule has 4 heterocycles. The highest BCUT2D eigenvalue weighted by atomic mass is 19.1. The van der Waals surface area contributed by atoms with Gasteiger partial charge in [-0.15, -0.1) is 0 Å². The largest absolute Gasteiger partial charge is 0.497 e. The Kier molecular flexibility index (Phi) is 12.4. The summed E-state index contributed by atoms with van der Waals surface area (Å²) >= 11 is 0. The molecule has 0 saturated carbocycles. The first-order valence-corrected chi connectivity index (χ1v) is 23.4. The molecule has 0 aliphatic carbocycles. The van der Waals surface area contributed by atoms with Gasteiger partial charge in [-0.1, -0.05) is 146 Å². The van der Waals surface area contributed by atoms with Gasteiger partial charge in [-0.3, -0.25) is 4.57 Å². The number of ether oxygens (including phenoxy) is 7. The van der Waals surface area contributed by atoms with Gasteiger partial charge in [0, 0.05) is 0 Å². The molecule has 0 spiro atoms. The number of hydrogen-bond donors (Lipinski definition) is 1. The normalized spacial score (nSPS) is 20.8. The van der Waals surface area contributed by atoms with Crippen molar-refractivity contribution in [3.8, 4) is 17.4 Å². The van der Waals surface area contributed by atoms with Crippen LogP contribution in [0.1, 0.15) is 67.3 Å². The molecule has 358 valence electrons. The highest BCUT2D eigenvalue weighted by molar-refractivity contribution is 5.78. The molecular formula is C57H56FN5O7. The smallest absolute Gasteiger partial charge is 0.247 e. The third-order valence-electron chi connectivity index (χ3n) is 13.5. The Labute approximate surface area is 407 Å². The van der Waals surface area contributed by atoms with Crippen molar-refractivity contribution in [1.29, 1.82) is 0 Å². The van der Waals surface area contributed by atoms with Crippen LogP contribution in [0.15, 0.2) is 176 Å². The van der Waals surface area contributed by atoms with Crippen molar-refractivity contribution in [2.45, 2.75) is 68.2 Å². The Morgan fingerprint density at radius 3 is 1.63 bits per heavy atom. The number of nitrogens with one attached hydrogen (secondary N) is 1. The average molecular weight is 942 g/mol. The summed E-state index contributed by atoms with van der Waals surface area (Å²) in [7, 11) is 3.27. The van der Waals surface area contributed by atoms with Crippen molar-refractivity contribution >= 4 is 17.1 Å². The first-order chi connectivity index (χ1) is 34.0. The van der Waals surface area contributed by atoms with Gasteiger partial charge in [-0.2, -0.15) is 9.97 Å². The molecular weight excluding hydrogens is 886 g/mol. The molecule has 2 aliphatic rings. The zero-order valence-electron chi connectivity index (χ0n) is 40.0. The van der Waals surface area contributed by atoms with E-state index in [2.05, 4.69) is 29.6 Å². The average Bonchev–Trinajstić information content (AvgIpc) is 4.02. The Hall–Kier alpha value is -7.16. The summed E-state index contributed by atoms with van der Waals surface area (Å²) in [4.78, 5) is 15.1. The second kappa shape index (κ2) is 18.6. The highest BCUT2D eigenvalue weighted by Gasteiger charge is 2.71. The molecule has 2 saturated heterocycles. The van der Waals surface area contributed by atoms with E-state index >= 15 is 4.39 Å². The van der Waals surface area contributed by atoms with Gasteiger partial charge < -0.3 is 38.5 Å². The Balaban J connectivity index is 1.11. The van der Waals surface area contributed by atoms with Crippen LogP contribution in [0.4, 0.5) is 10.3 Å². The quantitative estimate of drug-likeness (QED) is 0.0879. The molecule has 10 rings (SSSR count). The van der Waals surface area contributed by atoms with Crippen molar-refractivity contribution < 1.29 is 37.5 Å². The van der Waals surface area contributed by atoms with E-state index in [9.17, 15) is 0 Å².